The highest BCUT2D eigenvalue weighted by Crippen LogP contribution is 2.46. The predicted molar refractivity (Wildman–Crippen MR) is 97.3 cm³/mol. The lowest BCUT2D eigenvalue weighted by molar-refractivity contribution is -0.0446. The van der Waals surface area contributed by atoms with Crippen molar-refractivity contribution >= 4 is 11.0 Å². The van der Waals surface area contributed by atoms with Gasteiger partial charge in [-0.05, 0) is 31.7 Å². The van der Waals surface area contributed by atoms with Gasteiger partial charge in [0.25, 0.3) is 5.56 Å². The monoisotopic (exact) mass is 386 g/mol. The number of nitrogens with zero attached hydrogens (tertiary/aromatic N) is 5. The summed E-state index contributed by atoms with van der Waals surface area (Å²) in [7, 11) is 0. The molecule has 1 unspecified atom stereocenters. The van der Waals surface area contributed by atoms with Crippen molar-refractivity contribution in [3.8, 4) is 0 Å². The SMILES string of the molecule is O=c1[nH]c([C@H]2CCC2c2ncccn2)nc2c1cnn2C1CCC(F)(F)CC1. The van der Waals surface area contributed by atoms with Gasteiger partial charge in [0.15, 0.2) is 5.65 Å². The highest BCUT2D eigenvalue weighted by atomic mass is 19.3. The van der Waals surface area contributed by atoms with Gasteiger partial charge in [0.05, 0.1) is 12.2 Å². The third-order valence-corrected chi connectivity index (χ3v) is 6.06. The number of aromatic nitrogens is 6. The number of H-pyrrole nitrogens is 1. The van der Waals surface area contributed by atoms with Gasteiger partial charge in [-0.3, -0.25) is 4.79 Å². The van der Waals surface area contributed by atoms with E-state index in [1.807, 2.05) is 0 Å². The van der Waals surface area contributed by atoms with Crippen molar-refractivity contribution in [3.63, 3.8) is 0 Å². The Balaban J connectivity index is 1.49. The molecular weight excluding hydrogens is 366 g/mol. The van der Waals surface area contributed by atoms with Gasteiger partial charge in [-0.2, -0.15) is 5.10 Å². The summed E-state index contributed by atoms with van der Waals surface area (Å²) < 4.78 is 28.7. The molecular formula is C19H20F2N6O. The van der Waals surface area contributed by atoms with Crippen LogP contribution in [0.2, 0.25) is 0 Å². The maximum absolute atomic E-state index is 13.5. The Hall–Kier alpha value is -2.71. The van der Waals surface area contributed by atoms with Gasteiger partial charge in [-0.25, -0.2) is 28.4 Å². The molecule has 3 aromatic heterocycles. The number of fused-ring (bicyclic) bond motifs is 1. The van der Waals surface area contributed by atoms with E-state index in [0.29, 0.717) is 29.7 Å². The Morgan fingerprint density at radius 1 is 1.07 bits per heavy atom. The van der Waals surface area contributed by atoms with Gasteiger partial charge in [0.1, 0.15) is 17.0 Å². The lowest BCUT2D eigenvalue weighted by atomic mass is 9.72. The number of aromatic amines is 1. The van der Waals surface area contributed by atoms with Gasteiger partial charge in [-0.15, -0.1) is 0 Å². The summed E-state index contributed by atoms with van der Waals surface area (Å²) in [4.78, 5) is 28.9. The highest BCUT2D eigenvalue weighted by Gasteiger charge is 2.39. The van der Waals surface area contributed by atoms with Crippen molar-refractivity contribution in [2.75, 3.05) is 0 Å². The van der Waals surface area contributed by atoms with Crippen LogP contribution in [0, 0.1) is 0 Å². The normalized spacial score (nSPS) is 24.9. The predicted octanol–water partition coefficient (Wildman–Crippen LogP) is 3.32. The Kier molecular flexibility index (Phi) is 3.99. The summed E-state index contributed by atoms with van der Waals surface area (Å²) in [5.74, 6) is -1.09. The summed E-state index contributed by atoms with van der Waals surface area (Å²) in [6, 6.07) is 1.62. The molecule has 2 fully saturated rings. The lowest BCUT2D eigenvalue weighted by Gasteiger charge is -2.34. The average Bonchev–Trinajstić information content (AvgIpc) is 3.06. The fourth-order valence-corrected chi connectivity index (χ4v) is 4.30. The third-order valence-electron chi connectivity index (χ3n) is 6.06. The molecule has 0 aliphatic heterocycles. The van der Waals surface area contributed by atoms with Gasteiger partial charge in [0.2, 0.25) is 5.92 Å². The van der Waals surface area contributed by atoms with E-state index in [9.17, 15) is 13.6 Å². The second-order valence-electron chi connectivity index (χ2n) is 7.76. The molecule has 0 bridgehead atoms. The molecule has 0 radical (unpaired) electrons. The fraction of sp³-hybridized carbons (Fsp3) is 0.526. The third kappa shape index (κ3) is 2.89. The molecule has 3 aromatic rings. The average molecular weight is 386 g/mol. The van der Waals surface area contributed by atoms with Crippen LogP contribution in [-0.4, -0.2) is 35.6 Å². The molecule has 0 amide bonds. The van der Waals surface area contributed by atoms with Crippen molar-refractivity contribution in [1.82, 2.24) is 29.7 Å². The second kappa shape index (κ2) is 6.42. The van der Waals surface area contributed by atoms with Crippen LogP contribution in [0.15, 0.2) is 29.5 Å². The molecule has 2 atom stereocenters. The number of halogens is 2. The molecule has 146 valence electrons. The number of rotatable bonds is 3. The molecule has 2 aliphatic rings. The Bertz CT molecular complexity index is 1050. The highest BCUT2D eigenvalue weighted by molar-refractivity contribution is 5.73. The first kappa shape index (κ1) is 17.4. The molecule has 2 saturated carbocycles. The molecule has 3 heterocycles. The summed E-state index contributed by atoms with van der Waals surface area (Å²) in [5.41, 5.74) is 0.237. The van der Waals surface area contributed by atoms with Crippen LogP contribution >= 0.6 is 0 Å². The number of alkyl halides is 2. The summed E-state index contributed by atoms with van der Waals surface area (Å²) in [6.45, 7) is 0. The quantitative estimate of drug-likeness (QED) is 0.746. The Morgan fingerprint density at radius 3 is 2.46 bits per heavy atom. The molecule has 2 aliphatic carbocycles. The zero-order chi connectivity index (χ0) is 19.3. The summed E-state index contributed by atoms with van der Waals surface area (Å²) >= 11 is 0. The number of hydrogen-bond donors (Lipinski definition) is 1. The van der Waals surface area contributed by atoms with Crippen LogP contribution < -0.4 is 5.56 Å². The molecule has 5 rings (SSSR count). The minimum absolute atomic E-state index is 0.0403. The van der Waals surface area contributed by atoms with Crippen molar-refractivity contribution in [2.24, 2.45) is 0 Å². The van der Waals surface area contributed by atoms with Crippen molar-refractivity contribution in [3.05, 3.63) is 46.7 Å². The maximum Gasteiger partial charge on any atom is 0.262 e. The van der Waals surface area contributed by atoms with Crippen LogP contribution in [0.4, 0.5) is 8.78 Å². The minimum atomic E-state index is -2.61. The van der Waals surface area contributed by atoms with Crippen molar-refractivity contribution in [1.29, 1.82) is 0 Å². The van der Waals surface area contributed by atoms with E-state index in [0.717, 1.165) is 18.7 Å². The van der Waals surface area contributed by atoms with E-state index in [1.165, 1.54) is 6.20 Å². The summed E-state index contributed by atoms with van der Waals surface area (Å²) in [5, 5.41) is 4.71. The van der Waals surface area contributed by atoms with Crippen molar-refractivity contribution < 1.29 is 8.78 Å². The number of hydrogen-bond acceptors (Lipinski definition) is 5. The van der Waals surface area contributed by atoms with Crippen LogP contribution in [0.5, 0.6) is 0 Å². The molecule has 0 saturated heterocycles. The van der Waals surface area contributed by atoms with Crippen LogP contribution in [0.25, 0.3) is 11.0 Å². The van der Waals surface area contributed by atoms with E-state index in [2.05, 4.69) is 20.1 Å². The summed E-state index contributed by atoms with van der Waals surface area (Å²) in [6.07, 6.45) is 7.08. The first-order valence-corrected chi connectivity index (χ1v) is 9.64. The fourth-order valence-electron chi connectivity index (χ4n) is 4.30. The van der Waals surface area contributed by atoms with Gasteiger partial charge in [0, 0.05) is 37.1 Å². The number of nitrogens with one attached hydrogen (secondary N) is 1. The zero-order valence-electron chi connectivity index (χ0n) is 15.2. The molecule has 28 heavy (non-hydrogen) atoms. The largest absolute Gasteiger partial charge is 0.310 e. The smallest absolute Gasteiger partial charge is 0.262 e. The van der Waals surface area contributed by atoms with E-state index in [4.69, 9.17) is 4.98 Å². The second-order valence-corrected chi connectivity index (χ2v) is 7.76. The molecule has 0 spiro atoms. The van der Waals surface area contributed by atoms with Crippen LogP contribution in [-0.2, 0) is 0 Å². The maximum atomic E-state index is 13.5. The lowest BCUT2D eigenvalue weighted by Crippen LogP contribution is -2.29. The van der Waals surface area contributed by atoms with Gasteiger partial charge < -0.3 is 4.98 Å². The molecule has 0 aromatic carbocycles. The zero-order valence-corrected chi connectivity index (χ0v) is 15.2. The first-order valence-electron chi connectivity index (χ1n) is 9.64. The topological polar surface area (TPSA) is 89.3 Å². The van der Waals surface area contributed by atoms with Crippen molar-refractivity contribution in [2.45, 2.75) is 62.3 Å². The molecule has 9 heteroatoms. The molecule has 7 nitrogen and oxygen atoms in total. The van der Waals surface area contributed by atoms with Gasteiger partial charge in [-0.1, -0.05) is 0 Å². The standard InChI is InChI=1S/C19H20F2N6O/c20-19(21)6-4-11(5-7-19)27-17-14(10-24-27)18(28)26-16(25-17)13-3-2-12(13)15-22-8-1-9-23-15/h1,8-13H,2-7H2,(H,25,26,28)/t12?,13-/m0/s1. The molecule has 1 N–H and O–H groups in total. The van der Waals surface area contributed by atoms with Gasteiger partial charge >= 0.3 is 0 Å². The van der Waals surface area contributed by atoms with E-state index >= 15 is 0 Å². The Morgan fingerprint density at radius 2 is 1.79 bits per heavy atom. The van der Waals surface area contributed by atoms with E-state index in [1.54, 1.807) is 23.1 Å². The van der Waals surface area contributed by atoms with Crippen LogP contribution in [0.3, 0.4) is 0 Å². The Labute approximate surface area is 159 Å². The first-order chi connectivity index (χ1) is 13.5. The van der Waals surface area contributed by atoms with E-state index < -0.39 is 5.92 Å². The van der Waals surface area contributed by atoms with Crippen LogP contribution in [0.1, 0.15) is 68.1 Å². The van der Waals surface area contributed by atoms with E-state index in [-0.39, 0.29) is 36.3 Å². The minimum Gasteiger partial charge on any atom is -0.310 e.